The van der Waals surface area contributed by atoms with Gasteiger partial charge in [-0.1, -0.05) is 13.8 Å². The zero-order valence-electron chi connectivity index (χ0n) is 10.9. The lowest BCUT2D eigenvalue weighted by atomic mass is 9.87. The van der Waals surface area contributed by atoms with Crippen molar-refractivity contribution in [1.29, 1.82) is 0 Å². The maximum atomic E-state index is 11.4. The maximum absolute atomic E-state index is 11.4. The van der Waals surface area contributed by atoms with Crippen LogP contribution in [-0.4, -0.2) is 11.1 Å². The average Bonchev–Trinajstić information content (AvgIpc) is 2.15. The van der Waals surface area contributed by atoms with E-state index in [1.807, 2.05) is 13.8 Å². The van der Waals surface area contributed by atoms with Gasteiger partial charge in [-0.25, -0.2) is 0 Å². The summed E-state index contributed by atoms with van der Waals surface area (Å²) in [7, 11) is 0. The Hall–Kier alpha value is -1.09. The maximum Gasteiger partial charge on any atom is 0.182 e. The highest BCUT2D eigenvalue weighted by atomic mass is 16.1. The summed E-state index contributed by atoms with van der Waals surface area (Å²) >= 11 is 0. The Morgan fingerprint density at radius 3 is 2.06 bits per heavy atom. The average molecular weight is 222 g/mol. The molecular formula is C13H22N2O. The zero-order chi connectivity index (χ0) is 12.5. The summed E-state index contributed by atoms with van der Waals surface area (Å²) < 4.78 is 2.18. The minimum atomic E-state index is -0.137. The normalized spacial score (nSPS) is 15.2. The van der Waals surface area contributed by atoms with E-state index >= 15 is 0 Å². The Morgan fingerprint density at radius 1 is 1.31 bits per heavy atom. The quantitative estimate of drug-likeness (QED) is 0.847. The van der Waals surface area contributed by atoms with Gasteiger partial charge in [0, 0.05) is 30.1 Å². The second-order valence-corrected chi connectivity index (χ2v) is 5.03. The van der Waals surface area contributed by atoms with Gasteiger partial charge in [0.15, 0.2) is 5.43 Å². The molecule has 1 unspecified atom stereocenters. The van der Waals surface area contributed by atoms with E-state index in [9.17, 15) is 4.79 Å². The second kappa shape index (κ2) is 4.42. The summed E-state index contributed by atoms with van der Waals surface area (Å²) in [6.07, 6.45) is 0. The van der Waals surface area contributed by atoms with E-state index in [0.29, 0.717) is 12.5 Å². The van der Waals surface area contributed by atoms with Crippen LogP contribution >= 0.6 is 0 Å². The summed E-state index contributed by atoms with van der Waals surface area (Å²) in [5.41, 5.74) is 7.80. The van der Waals surface area contributed by atoms with Crippen molar-refractivity contribution in [3.63, 3.8) is 0 Å². The molecule has 1 aromatic heterocycles. The summed E-state index contributed by atoms with van der Waals surface area (Å²) in [6, 6.07) is 3.34. The first-order chi connectivity index (χ1) is 7.32. The van der Waals surface area contributed by atoms with E-state index < -0.39 is 0 Å². The fourth-order valence-electron chi connectivity index (χ4n) is 2.25. The Morgan fingerprint density at radius 2 is 1.75 bits per heavy atom. The minimum absolute atomic E-state index is 0.0642. The van der Waals surface area contributed by atoms with Crippen LogP contribution in [0, 0.1) is 19.8 Å². The van der Waals surface area contributed by atoms with E-state index in [1.54, 1.807) is 12.1 Å². The number of aryl methyl sites for hydroxylation is 2. The van der Waals surface area contributed by atoms with Crippen molar-refractivity contribution < 1.29 is 0 Å². The molecule has 0 radical (unpaired) electrons. The number of nitrogens with zero attached hydrogens (tertiary/aromatic N) is 1. The van der Waals surface area contributed by atoms with Gasteiger partial charge in [-0.3, -0.25) is 4.79 Å². The molecule has 0 saturated carbocycles. The number of hydrogen-bond donors (Lipinski definition) is 1. The van der Waals surface area contributed by atoms with Crippen LogP contribution in [0.15, 0.2) is 16.9 Å². The predicted molar refractivity (Wildman–Crippen MR) is 67.7 cm³/mol. The van der Waals surface area contributed by atoms with Crippen molar-refractivity contribution in [2.45, 2.75) is 40.2 Å². The number of pyridine rings is 1. The van der Waals surface area contributed by atoms with Crippen LogP contribution in [0.5, 0.6) is 0 Å². The Bertz CT molecular complexity index is 408. The first-order valence-electron chi connectivity index (χ1n) is 5.73. The van der Waals surface area contributed by atoms with Gasteiger partial charge in [-0.15, -0.1) is 0 Å². The van der Waals surface area contributed by atoms with E-state index in [-0.39, 0.29) is 11.0 Å². The molecular weight excluding hydrogens is 200 g/mol. The molecule has 0 bridgehead atoms. The molecule has 3 heteroatoms. The first-order valence-corrected chi connectivity index (χ1v) is 5.73. The zero-order valence-corrected chi connectivity index (χ0v) is 10.9. The highest BCUT2D eigenvalue weighted by Gasteiger charge is 2.30. The first kappa shape index (κ1) is 13.0. The molecule has 0 amide bonds. The third kappa shape index (κ3) is 2.05. The molecule has 1 atom stereocenters. The summed E-state index contributed by atoms with van der Waals surface area (Å²) in [4.78, 5) is 11.4. The molecule has 90 valence electrons. The van der Waals surface area contributed by atoms with Crippen molar-refractivity contribution >= 4 is 0 Å². The Labute approximate surface area is 97.3 Å². The van der Waals surface area contributed by atoms with Crippen molar-refractivity contribution in [3.8, 4) is 0 Å². The topological polar surface area (TPSA) is 48.0 Å². The van der Waals surface area contributed by atoms with Crippen LogP contribution in [0.25, 0.3) is 0 Å². The molecule has 1 heterocycles. The highest BCUT2D eigenvalue weighted by molar-refractivity contribution is 5.16. The molecule has 16 heavy (non-hydrogen) atoms. The molecule has 3 nitrogen and oxygen atoms in total. The Kier molecular flexibility index (Phi) is 3.58. The van der Waals surface area contributed by atoms with Gasteiger partial charge in [0.2, 0.25) is 0 Å². The van der Waals surface area contributed by atoms with Crippen molar-refractivity contribution in [1.82, 2.24) is 4.57 Å². The smallest absolute Gasteiger partial charge is 0.182 e. The molecule has 2 N–H and O–H groups in total. The van der Waals surface area contributed by atoms with Crippen LogP contribution in [0.1, 0.15) is 32.2 Å². The molecule has 0 aliphatic rings. The van der Waals surface area contributed by atoms with Gasteiger partial charge in [-0.05, 0) is 26.7 Å². The minimum Gasteiger partial charge on any atom is -0.342 e. The van der Waals surface area contributed by atoms with E-state index in [2.05, 4.69) is 25.3 Å². The van der Waals surface area contributed by atoms with E-state index in [4.69, 9.17) is 5.73 Å². The third-order valence-electron chi connectivity index (χ3n) is 3.58. The van der Waals surface area contributed by atoms with Crippen LogP contribution in [0.3, 0.4) is 0 Å². The molecule has 0 fully saturated rings. The van der Waals surface area contributed by atoms with Gasteiger partial charge in [-0.2, -0.15) is 0 Å². The highest BCUT2D eigenvalue weighted by Crippen LogP contribution is 2.27. The number of rotatable bonds is 3. The van der Waals surface area contributed by atoms with Crippen molar-refractivity contribution in [3.05, 3.63) is 33.7 Å². The lowest BCUT2D eigenvalue weighted by Gasteiger charge is -2.38. The van der Waals surface area contributed by atoms with Crippen LogP contribution in [-0.2, 0) is 5.54 Å². The van der Waals surface area contributed by atoms with Crippen molar-refractivity contribution in [2.24, 2.45) is 11.7 Å². The lowest BCUT2D eigenvalue weighted by Crippen LogP contribution is -2.45. The van der Waals surface area contributed by atoms with Crippen molar-refractivity contribution in [2.75, 3.05) is 6.54 Å². The number of aromatic nitrogens is 1. The van der Waals surface area contributed by atoms with Crippen LogP contribution in [0.2, 0.25) is 0 Å². The SMILES string of the molecule is Cc1cc(=O)cc(C)n1C(C)(CN)C(C)C. The van der Waals surface area contributed by atoms with Gasteiger partial charge < -0.3 is 10.3 Å². The fraction of sp³-hybridized carbons (Fsp3) is 0.615. The third-order valence-corrected chi connectivity index (χ3v) is 3.58. The van der Waals surface area contributed by atoms with Gasteiger partial charge >= 0.3 is 0 Å². The Balaban J connectivity index is 3.48. The van der Waals surface area contributed by atoms with Crippen LogP contribution in [0.4, 0.5) is 0 Å². The molecule has 0 saturated heterocycles. The lowest BCUT2D eigenvalue weighted by molar-refractivity contribution is 0.221. The van der Waals surface area contributed by atoms with E-state index in [1.165, 1.54) is 0 Å². The summed E-state index contributed by atoms with van der Waals surface area (Å²) in [5, 5.41) is 0. The second-order valence-electron chi connectivity index (χ2n) is 5.03. The molecule has 0 spiro atoms. The van der Waals surface area contributed by atoms with E-state index in [0.717, 1.165) is 11.4 Å². The summed E-state index contributed by atoms with van der Waals surface area (Å²) in [5.74, 6) is 0.414. The largest absolute Gasteiger partial charge is 0.342 e. The monoisotopic (exact) mass is 222 g/mol. The molecule has 1 rings (SSSR count). The molecule has 0 aliphatic carbocycles. The molecule has 0 aliphatic heterocycles. The van der Waals surface area contributed by atoms with Gasteiger partial charge in [0.1, 0.15) is 0 Å². The standard InChI is InChI=1S/C13H22N2O/c1-9(2)13(5,8-14)15-10(3)6-12(16)7-11(15)4/h6-7,9H,8,14H2,1-5H3. The van der Waals surface area contributed by atoms with Gasteiger partial charge in [0.05, 0.1) is 5.54 Å². The number of nitrogens with two attached hydrogens (primary N) is 1. The molecule has 0 aromatic carbocycles. The molecule has 1 aromatic rings. The number of hydrogen-bond acceptors (Lipinski definition) is 2. The van der Waals surface area contributed by atoms with Gasteiger partial charge in [0.25, 0.3) is 0 Å². The summed E-state index contributed by atoms with van der Waals surface area (Å²) in [6.45, 7) is 10.9. The fourth-order valence-corrected chi connectivity index (χ4v) is 2.25. The predicted octanol–water partition coefficient (Wildman–Crippen LogP) is 1.80. The van der Waals surface area contributed by atoms with Crippen LogP contribution < -0.4 is 11.2 Å².